The number of H-pyrrole nitrogens is 1. The van der Waals surface area contributed by atoms with Gasteiger partial charge in [0.15, 0.2) is 0 Å². The highest BCUT2D eigenvalue weighted by atomic mass is 35.5. The van der Waals surface area contributed by atoms with Gasteiger partial charge in [0.1, 0.15) is 23.2 Å². The molecule has 0 aliphatic carbocycles. The first-order valence-corrected chi connectivity index (χ1v) is 6.62. The molecule has 5 nitrogen and oxygen atoms in total. The van der Waals surface area contributed by atoms with Gasteiger partial charge < -0.3 is 20.8 Å². The predicted octanol–water partition coefficient (Wildman–Crippen LogP) is 2.71. The predicted molar refractivity (Wildman–Crippen MR) is 79.5 cm³/mol. The third-order valence-corrected chi connectivity index (χ3v) is 3.18. The highest BCUT2D eigenvalue weighted by Crippen LogP contribution is 2.21. The van der Waals surface area contributed by atoms with Gasteiger partial charge in [0.2, 0.25) is 0 Å². The Morgan fingerprint density at radius 1 is 1.35 bits per heavy atom. The minimum atomic E-state index is -0.296. The van der Waals surface area contributed by atoms with Crippen LogP contribution in [-0.4, -0.2) is 24.0 Å². The molecule has 0 spiro atoms. The van der Waals surface area contributed by atoms with Crippen LogP contribution in [0.15, 0.2) is 30.3 Å². The first kappa shape index (κ1) is 14.6. The van der Waals surface area contributed by atoms with Crippen molar-refractivity contribution >= 4 is 34.8 Å². The van der Waals surface area contributed by atoms with Crippen molar-refractivity contribution in [1.82, 2.24) is 10.3 Å². The molecule has 0 aliphatic rings. The van der Waals surface area contributed by atoms with Gasteiger partial charge in [0.25, 0.3) is 5.91 Å². The topological polar surface area (TPSA) is 80.1 Å². The van der Waals surface area contributed by atoms with Gasteiger partial charge in [0.05, 0.1) is 11.6 Å². The van der Waals surface area contributed by atoms with E-state index in [4.69, 9.17) is 33.7 Å². The summed E-state index contributed by atoms with van der Waals surface area (Å²) in [6, 6.07) is 8.55. The minimum Gasteiger partial charge on any atom is -0.492 e. The average Bonchev–Trinajstić information content (AvgIpc) is 2.75. The van der Waals surface area contributed by atoms with Crippen molar-refractivity contribution in [2.75, 3.05) is 18.9 Å². The number of nitrogen functional groups attached to an aromatic ring is 1. The number of nitrogens with one attached hydrogen (secondary N) is 2. The first-order valence-electron chi connectivity index (χ1n) is 5.87. The molecule has 4 N–H and O–H groups in total. The maximum Gasteiger partial charge on any atom is 0.267 e. The number of hydrogen-bond acceptors (Lipinski definition) is 3. The van der Waals surface area contributed by atoms with Crippen molar-refractivity contribution in [1.29, 1.82) is 0 Å². The standard InChI is InChI=1S/C13H13Cl2N3O2/c14-10-7-11(18-12(10)15)13(19)17-4-5-20-9-3-1-2-8(16)6-9/h1-3,6-7,18H,4-5,16H2,(H,17,19). The largest absolute Gasteiger partial charge is 0.492 e. The molecule has 20 heavy (non-hydrogen) atoms. The molecular weight excluding hydrogens is 301 g/mol. The van der Waals surface area contributed by atoms with E-state index in [2.05, 4.69) is 10.3 Å². The number of amides is 1. The molecular formula is C13H13Cl2N3O2. The maximum atomic E-state index is 11.7. The number of nitrogens with two attached hydrogens (primary N) is 1. The summed E-state index contributed by atoms with van der Waals surface area (Å²) < 4.78 is 5.44. The van der Waals surface area contributed by atoms with Crippen LogP contribution in [0.2, 0.25) is 10.2 Å². The first-order chi connectivity index (χ1) is 9.56. The zero-order valence-electron chi connectivity index (χ0n) is 10.5. The van der Waals surface area contributed by atoms with Crippen molar-refractivity contribution in [3.05, 3.63) is 46.2 Å². The van der Waals surface area contributed by atoms with Crippen LogP contribution in [0.25, 0.3) is 0 Å². The fourth-order valence-electron chi connectivity index (χ4n) is 1.56. The van der Waals surface area contributed by atoms with Crippen LogP contribution >= 0.6 is 23.2 Å². The summed E-state index contributed by atoms with van der Waals surface area (Å²) in [6.07, 6.45) is 0. The summed E-state index contributed by atoms with van der Waals surface area (Å²) in [5, 5.41) is 3.24. The summed E-state index contributed by atoms with van der Waals surface area (Å²) in [5.74, 6) is 0.361. The van der Waals surface area contributed by atoms with Gasteiger partial charge in [-0.25, -0.2) is 0 Å². The van der Waals surface area contributed by atoms with E-state index in [0.717, 1.165) is 0 Å². The number of ether oxygens (including phenoxy) is 1. The Kier molecular flexibility index (Phi) is 4.76. The second-order valence-corrected chi connectivity index (χ2v) is 4.81. The fourth-order valence-corrected chi connectivity index (χ4v) is 1.87. The monoisotopic (exact) mass is 313 g/mol. The number of aromatic amines is 1. The van der Waals surface area contributed by atoms with E-state index in [1.54, 1.807) is 24.3 Å². The van der Waals surface area contributed by atoms with E-state index in [-0.39, 0.29) is 11.1 Å². The minimum absolute atomic E-state index is 0.243. The smallest absolute Gasteiger partial charge is 0.267 e. The molecule has 7 heteroatoms. The van der Waals surface area contributed by atoms with Gasteiger partial charge >= 0.3 is 0 Å². The lowest BCUT2D eigenvalue weighted by molar-refractivity contribution is 0.0942. The van der Waals surface area contributed by atoms with Crippen molar-refractivity contribution in [2.24, 2.45) is 0 Å². The molecule has 1 aromatic carbocycles. The van der Waals surface area contributed by atoms with Gasteiger partial charge in [0, 0.05) is 11.8 Å². The number of carbonyl (C=O) groups is 1. The number of aromatic nitrogens is 1. The van der Waals surface area contributed by atoms with Crippen LogP contribution in [0.1, 0.15) is 10.5 Å². The third-order valence-electron chi connectivity index (χ3n) is 2.48. The van der Waals surface area contributed by atoms with E-state index in [9.17, 15) is 4.79 Å². The van der Waals surface area contributed by atoms with E-state index in [1.807, 2.05) is 0 Å². The number of benzene rings is 1. The molecule has 1 aromatic heterocycles. The fraction of sp³-hybridized carbons (Fsp3) is 0.154. The highest BCUT2D eigenvalue weighted by Gasteiger charge is 2.10. The lowest BCUT2D eigenvalue weighted by atomic mass is 10.3. The van der Waals surface area contributed by atoms with E-state index in [1.165, 1.54) is 6.07 Å². The normalized spacial score (nSPS) is 10.3. The lowest BCUT2D eigenvalue weighted by Crippen LogP contribution is -2.28. The van der Waals surface area contributed by atoms with Crippen molar-refractivity contribution in [2.45, 2.75) is 0 Å². The molecule has 0 bridgehead atoms. The Labute approximate surface area is 126 Å². The van der Waals surface area contributed by atoms with Crippen LogP contribution in [0, 0.1) is 0 Å². The third kappa shape index (κ3) is 3.82. The Hall–Kier alpha value is -1.85. The maximum absolute atomic E-state index is 11.7. The summed E-state index contributed by atoms with van der Waals surface area (Å²) in [5.41, 5.74) is 6.56. The van der Waals surface area contributed by atoms with Crippen LogP contribution in [-0.2, 0) is 0 Å². The Morgan fingerprint density at radius 2 is 2.15 bits per heavy atom. The van der Waals surface area contributed by atoms with Crippen molar-refractivity contribution < 1.29 is 9.53 Å². The molecule has 0 saturated carbocycles. The van der Waals surface area contributed by atoms with E-state index >= 15 is 0 Å². The van der Waals surface area contributed by atoms with Crippen molar-refractivity contribution in [3.63, 3.8) is 0 Å². The molecule has 1 heterocycles. The van der Waals surface area contributed by atoms with Gasteiger partial charge in [-0.2, -0.15) is 0 Å². The zero-order chi connectivity index (χ0) is 14.5. The van der Waals surface area contributed by atoms with E-state index in [0.29, 0.717) is 35.3 Å². The number of hydrogen-bond donors (Lipinski definition) is 3. The molecule has 0 radical (unpaired) electrons. The number of rotatable bonds is 5. The molecule has 0 saturated heterocycles. The SMILES string of the molecule is Nc1cccc(OCCNC(=O)c2cc(Cl)c(Cl)[nH]2)c1. The molecule has 1 amide bonds. The molecule has 0 aliphatic heterocycles. The number of halogens is 2. The van der Waals surface area contributed by atoms with Gasteiger partial charge in [-0.1, -0.05) is 29.3 Å². The van der Waals surface area contributed by atoms with Crippen LogP contribution in [0.3, 0.4) is 0 Å². The molecule has 2 aromatic rings. The second-order valence-electron chi connectivity index (χ2n) is 4.02. The molecule has 0 fully saturated rings. The summed E-state index contributed by atoms with van der Waals surface area (Å²) in [7, 11) is 0. The summed E-state index contributed by atoms with van der Waals surface area (Å²) >= 11 is 11.5. The highest BCUT2D eigenvalue weighted by molar-refractivity contribution is 6.41. The number of anilines is 1. The van der Waals surface area contributed by atoms with Gasteiger partial charge in [-0.3, -0.25) is 4.79 Å². The second kappa shape index (κ2) is 6.54. The quantitative estimate of drug-likeness (QED) is 0.586. The van der Waals surface area contributed by atoms with Crippen LogP contribution in [0.4, 0.5) is 5.69 Å². The zero-order valence-corrected chi connectivity index (χ0v) is 12.0. The van der Waals surface area contributed by atoms with Crippen LogP contribution in [0.5, 0.6) is 5.75 Å². The summed E-state index contributed by atoms with van der Waals surface area (Å²) in [6.45, 7) is 0.680. The van der Waals surface area contributed by atoms with Crippen LogP contribution < -0.4 is 15.8 Å². The van der Waals surface area contributed by atoms with Crippen molar-refractivity contribution in [3.8, 4) is 5.75 Å². The lowest BCUT2D eigenvalue weighted by Gasteiger charge is -2.07. The molecule has 2 rings (SSSR count). The van der Waals surface area contributed by atoms with Gasteiger partial charge in [-0.05, 0) is 18.2 Å². The Morgan fingerprint density at radius 3 is 2.80 bits per heavy atom. The van der Waals surface area contributed by atoms with Gasteiger partial charge in [-0.15, -0.1) is 0 Å². The van der Waals surface area contributed by atoms with E-state index < -0.39 is 0 Å². The number of carbonyl (C=O) groups excluding carboxylic acids is 1. The average molecular weight is 314 g/mol. The Balaban J connectivity index is 1.77. The molecule has 0 unspecified atom stereocenters. The molecule has 106 valence electrons. The molecule has 0 atom stereocenters. The summed E-state index contributed by atoms with van der Waals surface area (Å²) in [4.78, 5) is 14.4. The Bertz CT molecular complexity index is 594.